The first-order valence-corrected chi connectivity index (χ1v) is 8.03. The minimum absolute atomic E-state index is 0.0339. The predicted molar refractivity (Wildman–Crippen MR) is 94.1 cm³/mol. The van der Waals surface area contributed by atoms with Gasteiger partial charge in [-0.25, -0.2) is 13.9 Å². The van der Waals surface area contributed by atoms with Crippen molar-refractivity contribution in [2.24, 2.45) is 0 Å². The minimum Gasteiger partial charge on any atom is -0.491 e. The summed E-state index contributed by atoms with van der Waals surface area (Å²) in [7, 11) is 3.93. The average Bonchev–Trinajstić information content (AvgIpc) is 2.82. The molecule has 142 valence electrons. The summed E-state index contributed by atoms with van der Waals surface area (Å²) in [6, 6.07) is 3.00. The van der Waals surface area contributed by atoms with Crippen molar-refractivity contribution in [3.05, 3.63) is 45.6 Å². The average molecular weight is 375 g/mol. The van der Waals surface area contributed by atoms with Crippen LogP contribution in [-0.4, -0.2) is 42.9 Å². The number of methoxy groups -OCH3 is 2. The molecule has 0 spiro atoms. The Labute approximate surface area is 154 Å². The maximum absolute atomic E-state index is 15.4. The topological polar surface area (TPSA) is 90.7 Å². The van der Waals surface area contributed by atoms with Crippen LogP contribution in [0.5, 0.6) is 5.75 Å². The predicted octanol–water partition coefficient (Wildman–Crippen LogP) is 1.42. The molecule has 0 atom stereocenters. The minimum atomic E-state index is -1.07. The molecular weight excluding hydrogens is 357 g/mol. The first-order chi connectivity index (χ1) is 12.6. The quantitative estimate of drug-likeness (QED) is 0.754. The summed E-state index contributed by atoms with van der Waals surface area (Å²) in [4.78, 5) is 37.9. The van der Waals surface area contributed by atoms with Crippen molar-refractivity contribution in [3.63, 3.8) is 0 Å². The van der Waals surface area contributed by atoms with Crippen molar-refractivity contribution in [2.75, 3.05) is 26.2 Å². The molecule has 1 aromatic carbocycles. The number of anilines is 1. The smallest absolute Gasteiger partial charge is 0.362 e. The van der Waals surface area contributed by atoms with Gasteiger partial charge in [0.2, 0.25) is 11.6 Å². The molecular formula is C18H18FN3O5. The lowest BCUT2D eigenvalue weighted by Crippen LogP contribution is -2.33. The first kappa shape index (κ1) is 18.6. The third-order valence-electron chi connectivity index (χ3n) is 4.66. The third-order valence-corrected chi connectivity index (χ3v) is 4.66. The summed E-state index contributed by atoms with van der Waals surface area (Å²) in [5.74, 6) is -2.08. The molecule has 2 aromatic rings. The van der Waals surface area contributed by atoms with Crippen LogP contribution in [0.4, 0.5) is 10.1 Å². The van der Waals surface area contributed by atoms with E-state index in [0.29, 0.717) is 5.69 Å². The normalized spacial score (nSPS) is 14.9. The summed E-state index contributed by atoms with van der Waals surface area (Å²) in [5, 5.41) is 3.91. The molecule has 8 nitrogen and oxygen atoms in total. The molecule has 1 aromatic heterocycles. The SMILES string of the molecule is COC(=O)c1nn(-c2ccc3c(c2F)C(C)(C)C(=O)N3C)cc(OC)c1=O. The number of aromatic nitrogens is 2. The zero-order valence-corrected chi connectivity index (χ0v) is 15.5. The Morgan fingerprint density at radius 3 is 2.41 bits per heavy atom. The van der Waals surface area contributed by atoms with Crippen LogP contribution in [0.15, 0.2) is 23.1 Å². The zero-order chi connectivity index (χ0) is 20.1. The molecule has 0 radical (unpaired) electrons. The largest absolute Gasteiger partial charge is 0.491 e. The van der Waals surface area contributed by atoms with E-state index in [-0.39, 0.29) is 22.9 Å². The second kappa shape index (κ2) is 6.19. The van der Waals surface area contributed by atoms with Gasteiger partial charge in [-0.1, -0.05) is 0 Å². The lowest BCUT2D eigenvalue weighted by atomic mass is 9.85. The Balaban J connectivity index is 2.29. The lowest BCUT2D eigenvalue weighted by molar-refractivity contribution is -0.121. The van der Waals surface area contributed by atoms with Gasteiger partial charge >= 0.3 is 5.97 Å². The number of nitrogens with zero attached hydrogens (tertiary/aromatic N) is 3. The number of ether oxygens (including phenoxy) is 2. The molecule has 0 saturated carbocycles. The van der Waals surface area contributed by atoms with Crippen LogP contribution in [0.3, 0.4) is 0 Å². The molecule has 0 aliphatic carbocycles. The summed E-state index contributed by atoms with van der Waals surface area (Å²) < 4.78 is 25.9. The molecule has 0 N–H and O–H groups in total. The molecule has 0 bridgehead atoms. The summed E-state index contributed by atoms with van der Waals surface area (Å²) >= 11 is 0. The maximum atomic E-state index is 15.4. The van der Waals surface area contributed by atoms with Crippen LogP contribution in [0.25, 0.3) is 5.69 Å². The van der Waals surface area contributed by atoms with Crippen LogP contribution in [0.1, 0.15) is 29.9 Å². The summed E-state index contributed by atoms with van der Waals surface area (Å²) in [5.41, 5.74) is -1.74. The van der Waals surface area contributed by atoms with Gasteiger partial charge in [-0.2, -0.15) is 5.10 Å². The molecule has 0 fully saturated rings. The van der Waals surface area contributed by atoms with E-state index < -0.39 is 28.3 Å². The molecule has 3 rings (SSSR count). The van der Waals surface area contributed by atoms with Crippen LogP contribution in [-0.2, 0) is 14.9 Å². The fourth-order valence-electron chi connectivity index (χ4n) is 3.21. The third kappa shape index (κ3) is 2.57. The van der Waals surface area contributed by atoms with Crippen LogP contribution >= 0.6 is 0 Å². The fraction of sp³-hybridized carbons (Fsp3) is 0.333. The highest BCUT2D eigenvalue weighted by molar-refractivity contribution is 6.07. The van der Waals surface area contributed by atoms with E-state index in [0.717, 1.165) is 11.8 Å². The number of hydrogen-bond acceptors (Lipinski definition) is 6. The molecule has 9 heteroatoms. The van der Waals surface area contributed by atoms with E-state index in [1.54, 1.807) is 27.0 Å². The Bertz CT molecular complexity index is 1030. The van der Waals surface area contributed by atoms with Crippen molar-refractivity contribution >= 4 is 17.6 Å². The number of fused-ring (bicyclic) bond motifs is 1. The van der Waals surface area contributed by atoms with Gasteiger partial charge in [0.05, 0.1) is 31.5 Å². The molecule has 0 saturated heterocycles. The van der Waals surface area contributed by atoms with Crippen LogP contribution in [0.2, 0.25) is 0 Å². The highest BCUT2D eigenvalue weighted by atomic mass is 19.1. The van der Waals surface area contributed by atoms with E-state index in [2.05, 4.69) is 9.84 Å². The van der Waals surface area contributed by atoms with E-state index in [9.17, 15) is 14.4 Å². The van der Waals surface area contributed by atoms with Gasteiger partial charge in [-0.05, 0) is 26.0 Å². The number of carbonyl (C=O) groups excluding carboxylic acids is 2. The molecule has 1 aliphatic heterocycles. The number of halogens is 1. The lowest BCUT2D eigenvalue weighted by Gasteiger charge is -2.18. The van der Waals surface area contributed by atoms with Crippen molar-refractivity contribution in [3.8, 4) is 11.4 Å². The molecule has 27 heavy (non-hydrogen) atoms. The first-order valence-electron chi connectivity index (χ1n) is 8.03. The molecule has 1 amide bonds. The van der Waals surface area contributed by atoms with Gasteiger partial charge in [0, 0.05) is 12.6 Å². The fourth-order valence-corrected chi connectivity index (χ4v) is 3.21. The van der Waals surface area contributed by atoms with Gasteiger partial charge < -0.3 is 14.4 Å². The van der Waals surface area contributed by atoms with Crippen molar-refractivity contribution in [1.29, 1.82) is 0 Å². The van der Waals surface area contributed by atoms with Gasteiger partial charge in [-0.15, -0.1) is 0 Å². The molecule has 1 aliphatic rings. The van der Waals surface area contributed by atoms with E-state index in [1.807, 2.05) is 0 Å². The Morgan fingerprint density at radius 2 is 1.81 bits per heavy atom. The Kier molecular flexibility index (Phi) is 4.25. The van der Waals surface area contributed by atoms with Gasteiger partial charge in [0.25, 0.3) is 5.43 Å². The monoisotopic (exact) mass is 375 g/mol. The second-order valence-corrected chi connectivity index (χ2v) is 6.59. The van der Waals surface area contributed by atoms with Crippen molar-refractivity contribution in [2.45, 2.75) is 19.3 Å². The number of rotatable bonds is 3. The number of likely N-dealkylation sites (N-methyl/N-ethyl adjacent to an activating group) is 1. The number of carbonyl (C=O) groups is 2. The standard InChI is InChI=1S/C18H18FN3O5/c1-18(2)12-9(21(3)17(18)25)6-7-10(13(12)19)22-8-11(26-4)15(23)14(20-22)16(24)27-5/h6-8H,1-5H3. The maximum Gasteiger partial charge on any atom is 0.362 e. The summed E-state index contributed by atoms with van der Waals surface area (Å²) in [6.45, 7) is 3.26. The zero-order valence-electron chi connectivity index (χ0n) is 15.5. The number of benzene rings is 1. The van der Waals surface area contributed by atoms with E-state index in [1.165, 1.54) is 24.3 Å². The second-order valence-electron chi connectivity index (χ2n) is 6.59. The van der Waals surface area contributed by atoms with Crippen LogP contribution < -0.4 is 15.1 Å². The molecule has 0 unspecified atom stereocenters. The van der Waals surface area contributed by atoms with Gasteiger partial charge in [0.1, 0.15) is 5.69 Å². The van der Waals surface area contributed by atoms with Gasteiger partial charge in [-0.3, -0.25) is 9.59 Å². The highest BCUT2D eigenvalue weighted by Crippen LogP contribution is 2.43. The number of amides is 1. The Hall–Kier alpha value is -3.23. The van der Waals surface area contributed by atoms with Crippen molar-refractivity contribution in [1.82, 2.24) is 9.78 Å². The Morgan fingerprint density at radius 1 is 1.19 bits per heavy atom. The molecule has 2 heterocycles. The van der Waals surface area contributed by atoms with E-state index >= 15 is 4.39 Å². The van der Waals surface area contributed by atoms with E-state index in [4.69, 9.17) is 4.74 Å². The highest BCUT2D eigenvalue weighted by Gasteiger charge is 2.45. The number of esters is 1. The van der Waals surface area contributed by atoms with Crippen molar-refractivity contribution < 1.29 is 23.5 Å². The summed E-state index contributed by atoms with van der Waals surface area (Å²) in [6.07, 6.45) is 1.17. The van der Waals surface area contributed by atoms with Gasteiger partial charge in [0.15, 0.2) is 11.6 Å². The van der Waals surface area contributed by atoms with Crippen LogP contribution in [0, 0.1) is 5.82 Å². The number of hydrogen-bond donors (Lipinski definition) is 0.